The number of nitrogens with zero attached hydrogens (tertiary/aromatic N) is 2. The summed E-state index contributed by atoms with van der Waals surface area (Å²) in [5, 5.41) is 4.16. The zero-order valence-corrected chi connectivity index (χ0v) is 19.2. The lowest BCUT2D eigenvalue weighted by Gasteiger charge is -2.32. The van der Waals surface area contributed by atoms with E-state index in [1.165, 1.54) is 0 Å². The highest BCUT2D eigenvalue weighted by molar-refractivity contribution is 6.32. The van der Waals surface area contributed by atoms with Gasteiger partial charge < -0.3 is 15.0 Å². The molecule has 1 unspecified atom stereocenters. The van der Waals surface area contributed by atoms with Gasteiger partial charge in [-0.25, -0.2) is 0 Å². The van der Waals surface area contributed by atoms with Gasteiger partial charge >= 0.3 is 0 Å². The first-order valence-corrected chi connectivity index (χ1v) is 10.5. The van der Waals surface area contributed by atoms with E-state index in [1.54, 1.807) is 0 Å². The summed E-state index contributed by atoms with van der Waals surface area (Å²) < 4.78 is 4.55. The van der Waals surface area contributed by atoms with E-state index >= 15 is 0 Å². The Bertz CT molecular complexity index is 731. The van der Waals surface area contributed by atoms with E-state index < -0.39 is 0 Å². The first kappa shape index (κ1) is 23.6. The van der Waals surface area contributed by atoms with Crippen LogP contribution in [0.25, 0.3) is 0 Å². The summed E-state index contributed by atoms with van der Waals surface area (Å²) in [5.41, 5.74) is 1.66. The number of nitrogens with one attached hydrogen (secondary N) is 1. The van der Waals surface area contributed by atoms with E-state index in [9.17, 15) is 9.59 Å². The number of amides is 1. The molecule has 1 N–H and O–H groups in total. The number of halogens is 1. The van der Waals surface area contributed by atoms with Crippen LogP contribution in [0, 0.1) is 0 Å². The van der Waals surface area contributed by atoms with Crippen molar-refractivity contribution in [1.29, 1.82) is 0 Å². The van der Waals surface area contributed by atoms with E-state index in [2.05, 4.69) is 35.7 Å². The predicted octanol–water partition coefficient (Wildman–Crippen LogP) is 3.22. The highest BCUT2D eigenvalue weighted by atomic mass is 35.5. The molecule has 2 aliphatic heterocycles. The van der Waals surface area contributed by atoms with E-state index in [1.807, 2.05) is 43.9 Å². The van der Waals surface area contributed by atoms with Crippen molar-refractivity contribution in [2.45, 2.75) is 58.6 Å². The molecule has 0 bridgehead atoms. The molecule has 1 amide bonds. The molecule has 1 aromatic rings. The minimum Gasteiger partial charge on any atom is -0.462 e. The molecule has 1 atom stereocenters. The number of piperazine rings is 1. The van der Waals surface area contributed by atoms with Crippen molar-refractivity contribution in [1.82, 2.24) is 10.2 Å². The highest BCUT2D eigenvalue weighted by Crippen LogP contribution is 2.44. The molecular weight excluding hydrogens is 390 g/mol. The van der Waals surface area contributed by atoms with Crippen molar-refractivity contribution in [3.63, 3.8) is 0 Å². The Labute approximate surface area is 179 Å². The van der Waals surface area contributed by atoms with E-state index in [0.717, 1.165) is 35.9 Å². The molecule has 29 heavy (non-hydrogen) atoms. The molecule has 0 radical (unpaired) electrons. The summed E-state index contributed by atoms with van der Waals surface area (Å²) in [6.07, 6.45) is 0. The molecule has 1 fully saturated rings. The minimum atomic E-state index is -0.318. The van der Waals surface area contributed by atoms with Crippen molar-refractivity contribution >= 4 is 29.7 Å². The van der Waals surface area contributed by atoms with Crippen molar-refractivity contribution < 1.29 is 14.3 Å². The Morgan fingerprint density at radius 2 is 2.07 bits per heavy atom. The largest absolute Gasteiger partial charge is 0.462 e. The maximum absolute atomic E-state index is 12.8. The molecule has 7 heteroatoms. The molecule has 0 spiro atoms. The molecule has 2 aliphatic rings. The maximum atomic E-state index is 12.8. The average molecular weight is 424 g/mol. The van der Waals surface area contributed by atoms with Gasteiger partial charge in [-0.15, -0.1) is 0 Å². The van der Waals surface area contributed by atoms with Crippen LogP contribution in [-0.4, -0.2) is 61.6 Å². The second-order valence-electron chi connectivity index (χ2n) is 9.41. The lowest BCUT2D eigenvalue weighted by molar-refractivity contribution is -0.138. The summed E-state index contributed by atoms with van der Waals surface area (Å²) in [6.45, 7) is 16.4. The van der Waals surface area contributed by atoms with Crippen molar-refractivity contribution in [3.8, 4) is 0 Å². The quantitative estimate of drug-likeness (QED) is 0.756. The first-order valence-electron chi connectivity index (χ1n) is 10.1. The standard InChI is InChI=1S/C17H24ClN3O.C5H10O2/c1-12-9-20(8-7-19-12)10-15(22)21-11-17(2,3)16-13(18)5-4-6-14(16)21;1-5(2,3)7-4-6/h4-6,12,19H,7-11H2,1-3H3;4H,1-3H3. The fourth-order valence-corrected chi connectivity index (χ4v) is 4.19. The highest BCUT2D eigenvalue weighted by Gasteiger charge is 2.39. The fourth-order valence-electron chi connectivity index (χ4n) is 3.77. The van der Waals surface area contributed by atoms with Gasteiger partial charge in [0.2, 0.25) is 5.91 Å². The van der Waals surface area contributed by atoms with Crippen LogP contribution < -0.4 is 10.2 Å². The number of anilines is 1. The lowest BCUT2D eigenvalue weighted by Crippen LogP contribution is -2.52. The van der Waals surface area contributed by atoms with Crippen LogP contribution in [0.2, 0.25) is 5.02 Å². The number of fused-ring (bicyclic) bond motifs is 1. The number of hydrogen-bond donors (Lipinski definition) is 1. The van der Waals surface area contributed by atoms with Crippen molar-refractivity contribution in [2.24, 2.45) is 0 Å². The Morgan fingerprint density at radius 3 is 2.62 bits per heavy atom. The summed E-state index contributed by atoms with van der Waals surface area (Å²) in [5.74, 6) is 0.170. The molecule has 0 aliphatic carbocycles. The number of ether oxygens (including phenoxy) is 1. The van der Waals surface area contributed by atoms with Crippen molar-refractivity contribution in [3.05, 3.63) is 28.8 Å². The van der Waals surface area contributed by atoms with Gasteiger partial charge in [0.15, 0.2) is 0 Å². The Kier molecular flexibility index (Phi) is 7.71. The summed E-state index contributed by atoms with van der Waals surface area (Å²) in [7, 11) is 0. The number of benzene rings is 1. The third-order valence-electron chi connectivity index (χ3n) is 5.03. The number of carbonyl (C=O) groups is 2. The molecule has 1 saturated heterocycles. The van der Waals surface area contributed by atoms with Crippen LogP contribution in [0.4, 0.5) is 5.69 Å². The topological polar surface area (TPSA) is 61.9 Å². The van der Waals surface area contributed by atoms with Crippen LogP contribution in [0.5, 0.6) is 0 Å². The Balaban J connectivity index is 0.000000370. The van der Waals surface area contributed by atoms with Crippen LogP contribution in [0.1, 0.15) is 47.1 Å². The molecule has 1 aromatic carbocycles. The number of hydrogen-bond acceptors (Lipinski definition) is 5. The van der Waals surface area contributed by atoms with Crippen LogP contribution >= 0.6 is 11.6 Å². The summed E-state index contributed by atoms with van der Waals surface area (Å²) in [4.78, 5) is 26.5. The normalized spacial score (nSPS) is 21.1. The zero-order chi connectivity index (χ0) is 21.8. The predicted molar refractivity (Wildman–Crippen MR) is 118 cm³/mol. The summed E-state index contributed by atoms with van der Waals surface area (Å²) >= 11 is 6.38. The van der Waals surface area contributed by atoms with Gasteiger partial charge in [0.25, 0.3) is 6.47 Å². The molecule has 6 nitrogen and oxygen atoms in total. The molecule has 162 valence electrons. The van der Waals surface area contributed by atoms with Crippen LogP contribution in [0.15, 0.2) is 18.2 Å². The first-order chi connectivity index (χ1) is 13.4. The minimum absolute atomic E-state index is 0.0971. The zero-order valence-electron chi connectivity index (χ0n) is 18.4. The van der Waals surface area contributed by atoms with Gasteiger partial charge in [-0.2, -0.15) is 0 Å². The van der Waals surface area contributed by atoms with Gasteiger partial charge in [-0.05, 0) is 39.8 Å². The molecule has 3 rings (SSSR count). The smallest absolute Gasteiger partial charge is 0.293 e. The van der Waals surface area contributed by atoms with Gasteiger partial charge in [0.05, 0.1) is 6.54 Å². The number of carbonyl (C=O) groups excluding carboxylic acids is 2. The SMILES string of the molecule is CC(C)(C)OC=O.CC1CN(CC(=O)N2CC(C)(C)c3c(Cl)cccc32)CCN1. The second-order valence-corrected chi connectivity index (χ2v) is 9.82. The summed E-state index contributed by atoms with van der Waals surface area (Å²) in [6, 6.07) is 6.29. The molecule has 0 aromatic heterocycles. The van der Waals surface area contributed by atoms with Crippen molar-refractivity contribution in [2.75, 3.05) is 37.6 Å². The maximum Gasteiger partial charge on any atom is 0.293 e. The van der Waals surface area contributed by atoms with Crippen LogP contribution in [-0.2, 0) is 19.7 Å². The fraction of sp³-hybridized carbons (Fsp3) is 0.636. The monoisotopic (exact) mass is 423 g/mol. The third kappa shape index (κ3) is 6.43. The van der Waals surface area contributed by atoms with E-state index in [4.69, 9.17) is 11.6 Å². The Hall–Kier alpha value is -1.63. The second kappa shape index (κ2) is 9.45. The van der Waals surface area contributed by atoms with Gasteiger partial charge in [-0.1, -0.05) is 31.5 Å². The van der Waals surface area contributed by atoms with E-state index in [0.29, 0.717) is 25.6 Å². The van der Waals surface area contributed by atoms with Gasteiger partial charge in [-0.3, -0.25) is 14.5 Å². The number of rotatable bonds is 3. The average Bonchev–Trinajstić information content (AvgIpc) is 2.87. The van der Waals surface area contributed by atoms with Gasteiger partial charge in [0.1, 0.15) is 5.60 Å². The Morgan fingerprint density at radius 1 is 1.38 bits per heavy atom. The molecule has 0 saturated carbocycles. The van der Waals surface area contributed by atoms with Gasteiger partial charge in [0, 0.05) is 53.9 Å². The molecular formula is C22H34ClN3O3. The van der Waals surface area contributed by atoms with Crippen LogP contribution in [0.3, 0.4) is 0 Å². The third-order valence-corrected chi connectivity index (χ3v) is 5.34. The molecule has 2 heterocycles. The lowest BCUT2D eigenvalue weighted by atomic mass is 9.87. The van der Waals surface area contributed by atoms with E-state index in [-0.39, 0.29) is 16.9 Å².